The van der Waals surface area contributed by atoms with Gasteiger partial charge in [0.05, 0.1) is 36.5 Å². The van der Waals surface area contributed by atoms with E-state index in [2.05, 4.69) is 15.4 Å². The van der Waals surface area contributed by atoms with Crippen LogP contribution in [0.25, 0.3) is 0 Å². The minimum Gasteiger partial charge on any atom is -0.494 e. The Bertz CT molecular complexity index is 851. The van der Waals surface area contributed by atoms with Crippen LogP contribution in [0.1, 0.15) is 17.3 Å². The highest BCUT2D eigenvalue weighted by atomic mass is 16.6. The first-order valence-electron chi connectivity index (χ1n) is 7.94. The molecule has 0 aromatic heterocycles. The highest BCUT2D eigenvalue weighted by Gasteiger charge is 2.17. The number of methoxy groups -OCH3 is 2. The predicted octanol–water partition coefficient (Wildman–Crippen LogP) is 2.83. The number of rotatable bonds is 7. The molecule has 9 nitrogen and oxygen atoms in total. The summed E-state index contributed by atoms with van der Waals surface area (Å²) >= 11 is 0. The lowest BCUT2D eigenvalue weighted by atomic mass is 10.2. The summed E-state index contributed by atoms with van der Waals surface area (Å²) in [5.74, 6) is -0.621. The zero-order chi connectivity index (χ0) is 20.0. The van der Waals surface area contributed by atoms with Crippen LogP contribution in [0.15, 0.2) is 42.5 Å². The van der Waals surface area contributed by atoms with Gasteiger partial charge in [0.1, 0.15) is 11.8 Å². The zero-order valence-corrected chi connectivity index (χ0v) is 15.0. The van der Waals surface area contributed by atoms with E-state index in [1.165, 1.54) is 32.4 Å². The van der Waals surface area contributed by atoms with Crippen LogP contribution in [0.2, 0.25) is 0 Å². The summed E-state index contributed by atoms with van der Waals surface area (Å²) in [6.07, 6.45) is 0. The average Bonchev–Trinajstić information content (AvgIpc) is 2.67. The minimum atomic E-state index is -0.617. The third-order valence-electron chi connectivity index (χ3n) is 3.74. The van der Waals surface area contributed by atoms with Crippen molar-refractivity contribution in [2.24, 2.45) is 0 Å². The highest BCUT2D eigenvalue weighted by Crippen LogP contribution is 2.29. The number of nitrogens with one attached hydrogen (secondary N) is 2. The molecule has 0 bridgehead atoms. The number of ether oxygens (including phenoxy) is 2. The van der Waals surface area contributed by atoms with Crippen LogP contribution in [0.3, 0.4) is 0 Å². The van der Waals surface area contributed by atoms with Gasteiger partial charge in [-0.25, -0.2) is 4.79 Å². The number of hydrogen-bond donors (Lipinski definition) is 2. The topological polar surface area (TPSA) is 120 Å². The summed E-state index contributed by atoms with van der Waals surface area (Å²) in [5.41, 5.74) is 1.22. The Morgan fingerprint density at radius 3 is 2.33 bits per heavy atom. The Balaban J connectivity index is 2.05. The lowest BCUT2D eigenvalue weighted by Crippen LogP contribution is -2.32. The van der Waals surface area contributed by atoms with Crippen molar-refractivity contribution < 1.29 is 24.0 Å². The molecule has 0 aliphatic carbocycles. The predicted molar refractivity (Wildman–Crippen MR) is 99.1 cm³/mol. The van der Waals surface area contributed by atoms with Gasteiger partial charge in [-0.3, -0.25) is 14.9 Å². The molecule has 0 spiro atoms. The summed E-state index contributed by atoms with van der Waals surface area (Å²) in [7, 11) is 2.66. The molecule has 1 amide bonds. The molecule has 0 unspecified atom stereocenters. The second kappa shape index (κ2) is 8.65. The van der Waals surface area contributed by atoms with Gasteiger partial charge in [-0.2, -0.15) is 0 Å². The van der Waals surface area contributed by atoms with Crippen LogP contribution in [-0.4, -0.2) is 37.1 Å². The van der Waals surface area contributed by atoms with Crippen LogP contribution in [-0.2, 0) is 9.53 Å². The molecule has 9 heteroatoms. The van der Waals surface area contributed by atoms with Gasteiger partial charge in [0.15, 0.2) is 0 Å². The van der Waals surface area contributed by atoms with Crippen molar-refractivity contribution in [3.05, 3.63) is 58.1 Å². The highest BCUT2D eigenvalue weighted by molar-refractivity contribution is 5.97. The summed E-state index contributed by atoms with van der Waals surface area (Å²) in [4.78, 5) is 34.1. The molecular weight excluding hydrogens is 354 g/mol. The molecule has 0 fully saturated rings. The van der Waals surface area contributed by atoms with Gasteiger partial charge < -0.3 is 20.1 Å². The van der Waals surface area contributed by atoms with Crippen LogP contribution >= 0.6 is 0 Å². The fourth-order valence-corrected chi connectivity index (χ4v) is 2.27. The molecule has 2 aromatic rings. The molecule has 1 atom stereocenters. The van der Waals surface area contributed by atoms with Gasteiger partial charge in [-0.15, -0.1) is 0 Å². The number of esters is 1. The Hall–Kier alpha value is -3.62. The van der Waals surface area contributed by atoms with E-state index in [1.54, 1.807) is 31.2 Å². The lowest BCUT2D eigenvalue weighted by Gasteiger charge is -2.16. The van der Waals surface area contributed by atoms with Gasteiger partial charge in [0, 0.05) is 11.8 Å². The first kappa shape index (κ1) is 19.7. The molecule has 0 saturated carbocycles. The van der Waals surface area contributed by atoms with E-state index in [4.69, 9.17) is 4.74 Å². The van der Waals surface area contributed by atoms with Crippen molar-refractivity contribution in [1.29, 1.82) is 0 Å². The minimum absolute atomic E-state index is 0.137. The maximum atomic E-state index is 12.4. The van der Waals surface area contributed by atoms with Gasteiger partial charge in [-0.05, 0) is 37.3 Å². The SMILES string of the molecule is COC(=O)c1ccc(N[C@H](C)C(=O)Nc2ccc([N+](=O)[O-])cc2OC)cc1. The van der Waals surface area contributed by atoms with Crippen molar-refractivity contribution in [2.45, 2.75) is 13.0 Å². The Morgan fingerprint density at radius 1 is 1.11 bits per heavy atom. The van der Waals surface area contributed by atoms with E-state index in [0.717, 1.165) is 0 Å². The van der Waals surface area contributed by atoms with Crippen molar-refractivity contribution >= 4 is 28.9 Å². The standard InChI is InChI=1S/C18H19N3O6/c1-11(19-13-6-4-12(5-7-13)18(23)27-3)17(22)20-15-9-8-14(21(24)25)10-16(15)26-2/h4-11,19H,1-3H3,(H,20,22)/t11-/m1/s1. The normalized spacial score (nSPS) is 11.2. The molecule has 2 N–H and O–H groups in total. The van der Waals surface area contributed by atoms with E-state index in [-0.39, 0.29) is 17.3 Å². The summed E-state index contributed by atoms with van der Waals surface area (Å²) < 4.78 is 9.73. The molecule has 2 aromatic carbocycles. The number of nitro groups is 1. The van der Waals surface area contributed by atoms with Crippen LogP contribution in [0.5, 0.6) is 5.75 Å². The number of nitrogens with zero attached hydrogens (tertiary/aromatic N) is 1. The maximum Gasteiger partial charge on any atom is 0.337 e. The summed E-state index contributed by atoms with van der Waals surface area (Å²) in [6, 6.07) is 9.78. The van der Waals surface area contributed by atoms with Gasteiger partial charge in [0.2, 0.25) is 5.91 Å². The molecule has 0 aliphatic rings. The molecule has 0 saturated heterocycles. The van der Waals surface area contributed by atoms with E-state index in [1.807, 2.05) is 0 Å². The third-order valence-corrected chi connectivity index (χ3v) is 3.74. The molecule has 2 rings (SSSR count). The molecular formula is C18H19N3O6. The fourth-order valence-electron chi connectivity index (χ4n) is 2.27. The number of anilines is 2. The molecule has 0 aliphatic heterocycles. The van der Waals surface area contributed by atoms with Crippen LogP contribution in [0, 0.1) is 10.1 Å². The second-order valence-corrected chi connectivity index (χ2v) is 5.57. The summed E-state index contributed by atoms with van der Waals surface area (Å²) in [6.45, 7) is 1.65. The summed E-state index contributed by atoms with van der Waals surface area (Å²) in [5, 5.41) is 16.5. The van der Waals surface area contributed by atoms with Crippen molar-refractivity contribution in [3.63, 3.8) is 0 Å². The van der Waals surface area contributed by atoms with E-state index in [9.17, 15) is 19.7 Å². The quantitative estimate of drug-likeness (QED) is 0.435. The van der Waals surface area contributed by atoms with Gasteiger partial charge >= 0.3 is 5.97 Å². The fraction of sp³-hybridized carbons (Fsp3) is 0.222. The average molecular weight is 373 g/mol. The van der Waals surface area contributed by atoms with Crippen molar-refractivity contribution in [3.8, 4) is 5.75 Å². The van der Waals surface area contributed by atoms with Gasteiger partial charge in [0.25, 0.3) is 5.69 Å². The molecule has 0 heterocycles. The van der Waals surface area contributed by atoms with E-state index < -0.39 is 16.9 Å². The van der Waals surface area contributed by atoms with Crippen LogP contribution < -0.4 is 15.4 Å². The number of carbonyl (C=O) groups excluding carboxylic acids is 2. The third kappa shape index (κ3) is 4.94. The monoisotopic (exact) mass is 373 g/mol. The van der Waals surface area contributed by atoms with E-state index >= 15 is 0 Å². The molecule has 0 radical (unpaired) electrons. The number of carbonyl (C=O) groups is 2. The maximum absolute atomic E-state index is 12.4. The Kier molecular flexibility index (Phi) is 6.32. The van der Waals surface area contributed by atoms with Gasteiger partial charge in [-0.1, -0.05) is 0 Å². The smallest absolute Gasteiger partial charge is 0.337 e. The Labute approximate surface area is 155 Å². The number of nitro benzene ring substituents is 1. The second-order valence-electron chi connectivity index (χ2n) is 5.57. The van der Waals surface area contributed by atoms with E-state index in [0.29, 0.717) is 16.9 Å². The number of hydrogen-bond acceptors (Lipinski definition) is 7. The number of amides is 1. The molecule has 27 heavy (non-hydrogen) atoms. The Morgan fingerprint density at radius 2 is 1.78 bits per heavy atom. The largest absolute Gasteiger partial charge is 0.494 e. The zero-order valence-electron chi connectivity index (χ0n) is 15.0. The first-order chi connectivity index (χ1) is 12.8. The molecule has 142 valence electrons. The first-order valence-corrected chi connectivity index (χ1v) is 7.94. The lowest BCUT2D eigenvalue weighted by molar-refractivity contribution is -0.384. The number of non-ortho nitro benzene ring substituents is 1. The van der Waals surface area contributed by atoms with Crippen molar-refractivity contribution in [1.82, 2.24) is 0 Å². The van der Waals surface area contributed by atoms with Crippen molar-refractivity contribution in [2.75, 3.05) is 24.9 Å². The van der Waals surface area contributed by atoms with Crippen LogP contribution in [0.4, 0.5) is 17.1 Å². The number of benzene rings is 2.